The molecule has 1 aromatic rings. The molecule has 1 aromatic heterocycles. The maximum atomic E-state index is 10.0. The molecule has 1 saturated carbocycles. The van der Waals surface area contributed by atoms with Gasteiger partial charge < -0.3 is 10.2 Å². The zero-order valence-electron chi connectivity index (χ0n) is 8.41. The van der Waals surface area contributed by atoms with E-state index in [-0.39, 0.29) is 17.2 Å². The van der Waals surface area contributed by atoms with E-state index in [2.05, 4.69) is 11.8 Å². The van der Waals surface area contributed by atoms with Gasteiger partial charge in [0.1, 0.15) is 0 Å². The minimum Gasteiger partial charge on any atom is -0.494 e. The van der Waals surface area contributed by atoms with Gasteiger partial charge in [-0.25, -0.2) is 0 Å². The molecular weight excluding hydrogens is 190 g/mol. The number of fused-ring (bicyclic) bond motifs is 3. The van der Waals surface area contributed by atoms with Crippen LogP contribution in [0.5, 0.6) is 11.8 Å². The Hall–Kier alpha value is -1.60. The summed E-state index contributed by atoms with van der Waals surface area (Å²) >= 11 is 0. The number of hydrogen-bond acceptors (Lipinski definition) is 2. The summed E-state index contributed by atoms with van der Waals surface area (Å²) in [5.74, 6) is 0.940. The van der Waals surface area contributed by atoms with E-state index < -0.39 is 0 Å². The fourth-order valence-corrected chi connectivity index (χ4v) is 3.28. The van der Waals surface area contributed by atoms with Gasteiger partial charge in [-0.2, -0.15) is 0 Å². The molecule has 0 amide bonds. The Morgan fingerprint density at radius 1 is 1.47 bits per heavy atom. The normalized spacial score (nSPS) is 33.7. The zero-order chi connectivity index (χ0) is 10.4. The highest BCUT2D eigenvalue weighted by Gasteiger charge is 2.62. The van der Waals surface area contributed by atoms with Crippen molar-refractivity contribution in [3.05, 3.63) is 22.9 Å². The zero-order valence-corrected chi connectivity index (χ0v) is 8.41. The van der Waals surface area contributed by atoms with Crippen LogP contribution in [-0.2, 0) is 12.5 Å². The lowest BCUT2D eigenvalue weighted by atomic mass is 9.95. The Labute approximate surface area is 87.0 Å². The standard InChI is InChI=1S/C12H11NO2/c1-13-10(14)8-6-2-3-7-5-12(7,4-6)9(8)11(13)15/h3,7,14-15H,4-5H2,1H3. The van der Waals surface area contributed by atoms with E-state index in [0.717, 1.165) is 29.5 Å². The highest BCUT2D eigenvalue weighted by atomic mass is 16.3. The fraction of sp³-hybridized carbons (Fsp3) is 0.417. The number of hydrogen-bond donors (Lipinski definition) is 2. The Bertz CT molecular complexity index is 575. The molecule has 3 aliphatic rings. The van der Waals surface area contributed by atoms with Gasteiger partial charge >= 0.3 is 0 Å². The Morgan fingerprint density at radius 3 is 3.07 bits per heavy atom. The number of rotatable bonds is 0. The highest BCUT2D eigenvalue weighted by Crippen LogP contribution is 2.70. The molecule has 0 aromatic carbocycles. The molecule has 3 nitrogen and oxygen atoms in total. The third-order valence-corrected chi connectivity index (χ3v) is 4.22. The first kappa shape index (κ1) is 7.66. The van der Waals surface area contributed by atoms with Gasteiger partial charge in [-0.3, -0.25) is 4.57 Å². The first-order valence-corrected chi connectivity index (χ1v) is 5.22. The molecule has 76 valence electrons. The van der Waals surface area contributed by atoms with E-state index in [9.17, 15) is 10.2 Å². The Morgan fingerprint density at radius 2 is 2.27 bits per heavy atom. The van der Waals surface area contributed by atoms with Gasteiger partial charge in [-0.1, -0.05) is 0 Å². The van der Waals surface area contributed by atoms with Crippen molar-refractivity contribution in [1.29, 1.82) is 0 Å². The number of aromatic hydroxyl groups is 2. The SMILES string of the molecule is Cn1c(O)c2c(c1O)C13CC2=C=CC1C3. The van der Waals surface area contributed by atoms with Crippen molar-refractivity contribution in [2.45, 2.75) is 18.3 Å². The maximum absolute atomic E-state index is 10.0. The van der Waals surface area contributed by atoms with Crippen LogP contribution in [0, 0.1) is 5.92 Å². The Balaban J connectivity index is 2.18. The first-order chi connectivity index (χ1) is 7.15. The van der Waals surface area contributed by atoms with Crippen LogP contribution in [0.15, 0.2) is 11.8 Å². The Kier molecular flexibility index (Phi) is 0.952. The summed E-state index contributed by atoms with van der Waals surface area (Å²) in [6.45, 7) is 0. The lowest BCUT2D eigenvalue weighted by Gasteiger charge is -2.10. The number of aromatic nitrogens is 1. The molecule has 1 heterocycles. The second-order valence-electron chi connectivity index (χ2n) is 4.89. The molecule has 0 saturated heterocycles. The molecule has 2 bridgehead atoms. The summed E-state index contributed by atoms with van der Waals surface area (Å²) in [5.41, 5.74) is 6.21. The minimum absolute atomic E-state index is 0.110. The lowest BCUT2D eigenvalue weighted by Crippen LogP contribution is -2.05. The third kappa shape index (κ3) is 0.597. The minimum atomic E-state index is 0.110. The molecule has 15 heavy (non-hydrogen) atoms. The van der Waals surface area contributed by atoms with Gasteiger partial charge in [-0.05, 0) is 24.8 Å². The van der Waals surface area contributed by atoms with Crippen molar-refractivity contribution in [1.82, 2.24) is 4.57 Å². The van der Waals surface area contributed by atoms with Gasteiger partial charge in [0.15, 0.2) is 5.88 Å². The summed E-state index contributed by atoms with van der Waals surface area (Å²) in [6, 6.07) is 0. The van der Waals surface area contributed by atoms with Gasteiger partial charge in [0, 0.05) is 23.6 Å². The molecular formula is C12H11NO2. The van der Waals surface area contributed by atoms with Crippen LogP contribution in [0.4, 0.5) is 0 Å². The molecule has 2 atom stereocenters. The molecule has 3 aliphatic carbocycles. The van der Waals surface area contributed by atoms with Gasteiger partial charge in [-0.15, -0.1) is 5.73 Å². The predicted octanol–water partition coefficient (Wildman–Crippen LogP) is 1.65. The largest absolute Gasteiger partial charge is 0.494 e. The second-order valence-corrected chi connectivity index (χ2v) is 4.89. The topological polar surface area (TPSA) is 45.4 Å². The van der Waals surface area contributed by atoms with Crippen molar-refractivity contribution < 1.29 is 10.2 Å². The van der Waals surface area contributed by atoms with Crippen LogP contribution >= 0.6 is 0 Å². The average Bonchev–Trinajstić information content (AvgIpc) is 2.82. The van der Waals surface area contributed by atoms with Crippen LogP contribution in [0.1, 0.15) is 24.0 Å². The van der Waals surface area contributed by atoms with Crippen molar-refractivity contribution in [2.75, 3.05) is 0 Å². The first-order valence-electron chi connectivity index (χ1n) is 5.22. The molecule has 2 N–H and O–H groups in total. The molecule has 1 fully saturated rings. The predicted molar refractivity (Wildman–Crippen MR) is 54.6 cm³/mol. The molecule has 0 radical (unpaired) electrons. The molecule has 4 rings (SSSR count). The fourth-order valence-electron chi connectivity index (χ4n) is 3.28. The summed E-state index contributed by atoms with van der Waals surface area (Å²) in [4.78, 5) is 0. The summed E-state index contributed by atoms with van der Waals surface area (Å²) < 4.78 is 1.47. The van der Waals surface area contributed by atoms with Crippen molar-refractivity contribution >= 4 is 5.57 Å². The summed E-state index contributed by atoms with van der Waals surface area (Å²) in [6.07, 6.45) is 4.13. The van der Waals surface area contributed by atoms with Crippen molar-refractivity contribution in [3.8, 4) is 11.8 Å². The maximum Gasteiger partial charge on any atom is 0.202 e. The van der Waals surface area contributed by atoms with E-state index in [0.29, 0.717) is 5.92 Å². The molecule has 3 heteroatoms. The number of allylic oxidation sites excluding steroid dienone is 1. The van der Waals surface area contributed by atoms with E-state index >= 15 is 0 Å². The van der Waals surface area contributed by atoms with Crippen molar-refractivity contribution in [2.24, 2.45) is 13.0 Å². The smallest absolute Gasteiger partial charge is 0.202 e. The monoisotopic (exact) mass is 201 g/mol. The molecule has 0 aliphatic heterocycles. The summed E-state index contributed by atoms with van der Waals surface area (Å²) in [5, 5.41) is 20.0. The van der Waals surface area contributed by atoms with E-state index in [1.165, 1.54) is 4.57 Å². The van der Waals surface area contributed by atoms with Crippen LogP contribution < -0.4 is 0 Å². The van der Waals surface area contributed by atoms with Gasteiger partial charge in [0.2, 0.25) is 5.88 Å². The van der Waals surface area contributed by atoms with Crippen LogP contribution in [-0.4, -0.2) is 14.8 Å². The van der Waals surface area contributed by atoms with Crippen LogP contribution in [0.2, 0.25) is 0 Å². The van der Waals surface area contributed by atoms with Crippen molar-refractivity contribution in [3.63, 3.8) is 0 Å². The van der Waals surface area contributed by atoms with E-state index in [4.69, 9.17) is 0 Å². The average molecular weight is 201 g/mol. The van der Waals surface area contributed by atoms with Crippen LogP contribution in [0.25, 0.3) is 5.57 Å². The lowest BCUT2D eigenvalue weighted by molar-refractivity contribution is 0.380. The molecule has 1 spiro atoms. The summed E-state index contributed by atoms with van der Waals surface area (Å²) in [7, 11) is 1.69. The number of nitrogens with zero attached hydrogens (tertiary/aromatic N) is 1. The quantitative estimate of drug-likeness (QED) is 0.627. The van der Waals surface area contributed by atoms with Crippen LogP contribution in [0.3, 0.4) is 0 Å². The molecule has 2 unspecified atom stereocenters. The van der Waals surface area contributed by atoms with Gasteiger partial charge in [0.25, 0.3) is 0 Å². The van der Waals surface area contributed by atoms with E-state index in [1.54, 1.807) is 7.05 Å². The highest BCUT2D eigenvalue weighted by molar-refractivity contribution is 5.84. The van der Waals surface area contributed by atoms with Gasteiger partial charge in [0.05, 0.1) is 5.56 Å². The van der Waals surface area contributed by atoms with E-state index in [1.807, 2.05) is 0 Å². The third-order valence-electron chi connectivity index (χ3n) is 4.22. The second kappa shape index (κ2) is 1.86.